The van der Waals surface area contributed by atoms with Crippen LogP contribution in [0.2, 0.25) is 0 Å². The van der Waals surface area contributed by atoms with Gasteiger partial charge in [0.15, 0.2) is 0 Å². The summed E-state index contributed by atoms with van der Waals surface area (Å²) in [5, 5.41) is 8.77. The molecule has 0 aliphatic heterocycles. The lowest BCUT2D eigenvalue weighted by atomic mass is 9.73. The summed E-state index contributed by atoms with van der Waals surface area (Å²) in [7, 11) is 0. The minimum Gasteiger partial charge on any atom is -0.303 e. The Morgan fingerprint density at radius 2 is 2.09 bits per heavy atom. The molecule has 0 unspecified atom stereocenters. The zero-order chi connectivity index (χ0) is 8.32. The van der Waals surface area contributed by atoms with Gasteiger partial charge in [-0.25, -0.2) is 0 Å². The topological polar surface area (TPSA) is 40.9 Å². The number of nitriles is 1. The smallest absolute Gasteiger partial charge is 0.123 e. The van der Waals surface area contributed by atoms with E-state index in [2.05, 4.69) is 6.07 Å². The van der Waals surface area contributed by atoms with E-state index in [1.807, 2.05) is 6.92 Å². The fourth-order valence-corrected chi connectivity index (χ4v) is 1.53. The van der Waals surface area contributed by atoms with Crippen molar-refractivity contribution < 1.29 is 4.79 Å². The second-order valence-corrected chi connectivity index (χ2v) is 3.65. The monoisotopic (exact) mass is 151 g/mol. The minimum absolute atomic E-state index is 0.153. The van der Waals surface area contributed by atoms with E-state index in [4.69, 9.17) is 5.26 Å². The highest BCUT2D eigenvalue weighted by Gasteiger charge is 2.30. The normalized spacial score (nSPS) is 37.6. The van der Waals surface area contributed by atoms with Crippen LogP contribution in [0.15, 0.2) is 0 Å². The van der Waals surface area contributed by atoms with Crippen molar-refractivity contribution in [2.75, 3.05) is 0 Å². The van der Waals surface area contributed by atoms with Gasteiger partial charge in [-0.2, -0.15) is 5.26 Å². The van der Waals surface area contributed by atoms with Gasteiger partial charge in [-0.05, 0) is 32.6 Å². The molecule has 1 fully saturated rings. The van der Waals surface area contributed by atoms with Crippen molar-refractivity contribution in [2.24, 2.45) is 11.3 Å². The average molecular weight is 151 g/mol. The molecule has 60 valence electrons. The summed E-state index contributed by atoms with van der Waals surface area (Å²) in [4.78, 5) is 10.4. The first kappa shape index (κ1) is 8.26. The lowest BCUT2D eigenvalue weighted by Crippen LogP contribution is -2.23. The third-order valence-electron chi connectivity index (χ3n) is 2.60. The Bertz CT molecular complexity index is 184. The zero-order valence-electron chi connectivity index (χ0n) is 6.84. The molecule has 0 radical (unpaired) electrons. The van der Waals surface area contributed by atoms with E-state index in [0.717, 1.165) is 32.0 Å². The molecular weight excluding hydrogens is 138 g/mol. The van der Waals surface area contributed by atoms with Gasteiger partial charge in [0.05, 0.1) is 11.5 Å². The lowest BCUT2D eigenvalue weighted by Gasteiger charge is -2.29. The molecule has 1 saturated carbocycles. The van der Waals surface area contributed by atoms with E-state index in [0.29, 0.717) is 0 Å². The van der Waals surface area contributed by atoms with Crippen molar-refractivity contribution in [1.82, 2.24) is 0 Å². The number of hydrogen-bond acceptors (Lipinski definition) is 2. The molecule has 0 amide bonds. The fourth-order valence-electron chi connectivity index (χ4n) is 1.53. The number of rotatable bonds is 1. The second-order valence-electron chi connectivity index (χ2n) is 3.65. The number of aldehydes is 1. The predicted octanol–water partition coefficient (Wildman–Crippen LogP) is 1.91. The first-order valence-electron chi connectivity index (χ1n) is 4.07. The summed E-state index contributed by atoms with van der Waals surface area (Å²) in [6.07, 6.45) is 4.58. The van der Waals surface area contributed by atoms with Crippen LogP contribution < -0.4 is 0 Å². The van der Waals surface area contributed by atoms with Crippen LogP contribution in [0, 0.1) is 22.7 Å². The van der Waals surface area contributed by atoms with Crippen molar-refractivity contribution >= 4 is 6.29 Å². The van der Waals surface area contributed by atoms with E-state index in [9.17, 15) is 4.79 Å². The standard InChI is InChI=1S/C9H13NO/c1-9(7-10)4-2-8(6-11)3-5-9/h6,8H,2-5H2,1H3. The Kier molecular flexibility index (Phi) is 2.28. The summed E-state index contributed by atoms with van der Waals surface area (Å²) in [6.45, 7) is 1.98. The molecule has 1 rings (SSSR count). The summed E-state index contributed by atoms with van der Waals surface area (Å²) in [5.41, 5.74) is -0.153. The van der Waals surface area contributed by atoms with Gasteiger partial charge in [-0.3, -0.25) is 0 Å². The first-order chi connectivity index (χ1) is 5.20. The van der Waals surface area contributed by atoms with Crippen LogP contribution in [0.3, 0.4) is 0 Å². The van der Waals surface area contributed by atoms with Gasteiger partial charge >= 0.3 is 0 Å². The van der Waals surface area contributed by atoms with Crippen LogP contribution in [0.25, 0.3) is 0 Å². The Balaban J connectivity index is 2.49. The summed E-state index contributed by atoms with van der Waals surface area (Å²) in [6, 6.07) is 2.31. The van der Waals surface area contributed by atoms with Crippen LogP contribution in [0.4, 0.5) is 0 Å². The maximum Gasteiger partial charge on any atom is 0.123 e. The van der Waals surface area contributed by atoms with Crippen molar-refractivity contribution in [1.29, 1.82) is 5.26 Å². The third-order valence-corrected chi connectivity index (χ3v) is 2.60. The van der Waals surface area contributed by atoms with Gasteiger partial charge < -0.3 is 4.79 Å². The zero-order valence-corrected chi connectivity index (χ0v) is 6.84. The number of hydrogen-bond donors (Lipinski definition) is 0. The van der Waals surface area contributed by atoms with E-state index < -0.39 is 0 Å². The molecule has 0 aromatic carbocycles. The molecule has 1 aliphatic carbocycles. The van der Waals surface area contributed by atoms with Crippen molar-refractivity contribution in [2.45, 2.75) is 32.6 Å². The maximum atomic E-state index is 10.4. The number of carbonyl (C=O) groups is 1. The van der Waals surface area contributed by atoms with Crippen LogP contribution in [-0.4, -0.2) is 6.29 Å². The highest BCUT2D eigenvalue weighted by Crippen LogP contribution is 2.36. The molecule has 2 heteroatoms. The van der Waals surface area contributed by atoms with Gasteiger partial charge in [-0.15, -0.1) is 0 Å². The summed E-state index contributed by atoms with van der Waals surface area (Å²) < 4.78 is 0. The van der Waals surface area contributed by atoms with E-state index >= 15 is 0 Å². The molecule has 1 aliphatic rings. The van der Waals surface area contributed by atoms with Gasteiger partial charge in [0.1, 0.15) is 6.29 Å². The first-order valence-corrected chi connectivity index (χ1v) is 4.07. The SMILES string of the molecule is CC1(C#N)CCC(C=O)CC1. The van der Waals surface area contributed by atoms with Crippen LogP contribution in [0.1, 0.15) is 32.6 Å². The van der Waals surface area contributed by atoms with Crippen LogP contribution in [0.5, 0.6) is 0 Å². The maximum absolute atomic E-state index is 10.4. The number of carbonyl (C=O) groups excluding carboxylic acids is 1. The molecule has 0 bridgehead atoms. The molecule has 11 heavy (non-hydrogen) atoms. The Morgan fingerprint density at radius 1 is 1.55 bits per heavy atom. The van der Waals surface area contributed by atoms with Gasteiger partial charge in [-0.1, -0.05) is 0 Å². The van der Waals surface area contributed by atoms with E-state index in [-0.39, 0.29) is 11.3 Å². The molecule has 0 aromatic rings. The van der Waals surface area contributed by atoms with Crippen LogP contribution >= 0.6 is 0 Å². The minimum atomic E-state index is -0.153. The predicted molar refractivity (Wildman–Crippen MR) is 41.7 cm³/mol. The molecule has 0 saturated heterocycles. The quantitative estimate of drug-likeness (QED) is 0.537. The van der Waals surface area contributed by atoms with E-state index in [1.54, 1.807) is 0 Å². The van der Waals surface area contributed by atoms with Crippen molar-refractivity contribution in [3.63, 3.8) is 0 Å². The molecule has 0 heterocycles. The lowest BCUT2D eigenvalue weighted by molar-refractivity contribution is -0.112. The summed E-state index contributed by atoms with van der Waals surface area (Å²) in [5.74, 6) is 0.219. The van der Waals surface area contributed by atoms with E-state index in [1.165, 1.54) is 0 Å². The highest BCUT2D eigenvalue weighted by molar-refractivity contribution is 5.53. The van der Waals surface area contributed by atoms with Gasteiger partial charge in [0.25, 0.3) is 0 Å². The molecule has 0 spiro atoms. The Morgan fingerprint density at radius 3 is 2.45 bits per heavy atom. The largest absolute Gasteiger partial charge is 0.303 e. The van der Waals surface area contributed by atoms with Gasteiger partial charge in [0.2, 0.25) is 0 Å². The molecular formula is C9H13NO. The highest BCUT2D eigenvalue weighted by atomic mass is 16.1. The van der Waals surface area contributed by atoms with Crippen LogP contribution in [-0.2, 0) is 4.79 Å². The van der Waals surface area contributed by atoms with Crippen molar-refractivity contribution in [3.8, 4) is 6.07 Å². The average Bonchev–Trinajstić information content (AvgIpc) is 2.06. The second kappa shape index (κ2) is 3.04. The molecule has 2 nitrogen and oxygen atoms in total. The van der Waals surface area contributed by atoms with Crippen molar-refractivity contribution in [3.05, 3.63) is 0 Å². The fraction of sp³-hybridized carbons (Fsp3) is 0.778. The Labute approximate surface area is 67.2 Å². The number of nitrogens with zero attached hydrogens (tertiary/aromatic N) is 1. The molecule has 0 N–H and O–H groups in total. The van der Waals surface area contributed by atoms with Gasteiger partial charge in [0, 0.05) is 5.92 Å². The summed E-state index contributed by atoms with van der Waals surface area (Å²) >= 11 is 0. The Hall–Kier alpha value is -0.840. The third kappa shape index (κ3) is 1.80. The molecule has 0 atom stereocenters. The molecule has 0 aromatic heterocycles.